The summed E-state index contributed by atoms with van der Waals surface area (Å²) in [5, 5.41) is 5.80. The predicted octanol–water partition coefficient (Wildman–Crippen LogP) is 5.10. The van der Waals surface area contributed by atoms with Gasteiger partial charge in [-0.2, -0.15) is 0 Å². The van der Waals surface area contributed by atoms with Crippen molar-refractivity contribution < 1.29 is 14.4 Å². The highest BCUT2D eigenvalue weighted by Crippen LogP contribution is 2.30. The number of benzene rings is 1. The van der Waals surface area contributed by atoms with Crippen molar-refractivity contribution in [3.63, 3.8) is 0 Å². The zero-order valence-corrected chi connectivity index (χ0v) is 21.3. The molecule has 2 aromatic rings. The summed E-state index contributed by atoms with van der Waals surface area (Å²) < 4.78 is 0. The van der Waals surface area contributed by atoms with Crippen LogP contribution >= 0.6 is 11.3 Å². The lowest BCUT2D eigenvalue weighted by Gasteiger charge is -2.30. The first kappa shape index (κ1) is 25.9. The topological polar surface area (TPSA) is 82.6 Å². The summed E-state index contributed by atoms with van der Waals surface area (Å²) in [4.78, 5) is 45.0. The number of hydrogen-bond acceptors (Lipinski definition) is 6. The molecule has 0 radical (unpaired) electrons. The number of carbonyl (C=O) groups is 3. The monoisotopic (exact) mass is 484 g/mol. The Kier molecular flexibility index (Phi) is 9.62. The van der Waals surface area contributed by atoms with Crippen LogP contribution in [-0.4, -0.2) is 54.2 Å². The molecule has 1 aromatic heterocycles. The van der Waals surface area contributed by atoms with Gasteiger partial charge in [-0.25, -0.2) is 4.98 Å². The van der Waals surface area contributed by atoms with Crippen molar-refractivity contribution in [1.82, 2.24) is 9.88 Å². The number of hydrogen-bond donors (Lipinski definition) is 1. The van der Waals surface area contributed by atoms with Crippen LogP contribution in [0.3, 0.4) is 0 Å². The molecule has 1 aliphatic heterocycles. The Labute approximate surface area is 206 Å². The van der Waals surface area contributed by atoms with Crippen LogP contribution in [0.5, 0.6) is 0 Å². The number of nitrogens with zero attached hydrogens (tertiary/aromatic N) is 3. The molecule has 1 N–H and O–H groups in total. The average Bonchev–Trinajstić information content (AvgIpc) is 3.34. The number of thiazole rings is 1. The lowest BCUT2D eigenvalue weighted by molar-refractivity contribution is -0.131. The number of amides is 2. The van der Waals surface area contributed by atoms with Crippen molar-refractivity contribution in [2.45, 2.75) is 64.7 Å². The molecule has 3 rings (SSSR count). The highest BCUT2D eigenvalue weighted by atomic mass is 32.1. The number of carbonyl (C=O) groups excluding carboxylic acids is 3. The molecular formula is C26H36N4O3S. The van der Waals surface area contributed by atoms with E-state index in [0.29, 0.717) is 12.2 Å². The number of nitrogens with one attached hydrogen (secondary N) is 1. The Morgan fingerprint density at radius 3 is 2.59 bits per heavy atom. The normalized spacial score (nSPS) is 14.5. The number of para-hydroxylation sites is 2. The Balaban J connectivity index is 1.60. The van der Waals surface area contributed by atoms with Crippen molar-refractivity contribution in [1.29, 1.82) is 0 Å². The average molecular weight is 485 g/mol. The molecule has 8 heteroatoms. The molecule has 0 aliphatic carbocycles. The van der Waals surface area contributed by atoms with Crippen LogP contribution < -0.4 is 10.2 Å². The number of aromatic nitrogens is 1. The maximum atomic E-state index is 13.0. The zero-order chi connectivity index (χ0) is 24.5. The third-order valence-electron chi connectivity index (χ3n) is 6.38. The van der Waals surface area contributed by atoms with E-state index in [9.17, 15) is 14.4 Å². The van der Waals surface area contributed by atoms with Gasteiger partial charge in [-0.1, -0.05) is 19.1 Å². The molecule has 0 bridgehead atoms. The Morgan fingerprint density at radius 1 is 1.15 bits per heavy atom. The summed E-state index contributed by atoms with van der Waals surface area (Å²) in [6, 6.07) is 7.96. The van der Waals surface area contributed by atoms with E-state index in [1.807, 2.05) is 23.6 Å². The van der Waals surface area contributed by atoms with E-state index in [4.69, 9.17) is 0 Å². The van der Waals surface area contributed by atoms with Crippen LogP contribution in [0.1, 0.15) is 80.2 Å². The molecule has 7 nitrogen and oxygen atoms in total. The molecule has 1 atom stereocenters. The van der Waals surface area contributed by atoms with Crippen molar-refractivity contribution in [2.75, 3.05) is 36.9 Å². The molecule has 34 heavy (non-hydrogen) atoms. The third-order valence-corrected chi connectivity index (χ3v) is 7.38. The van der Waals surface area contributed by atoms with Crippen LogP contribution in [0.4, 0.5) is 11.4 Å². The molecular weight excluding hydrogens is 448 g/mol. The van der Waals surface area contributed by atoms with Gasteiger partial charge < -0.3 is 19.9 Å². The Hall–Kier alpha value is -2.74. The predicted molar refractivity (Wildman–Crippen MR) is 138 cm³/mol. The van der Waals surface area contributed by atoms with E-state index >= 15 is 0 Å². The van der Waals surface area contributed by atoms with E-state index in [1.165, 1.54) is 37.5 Å². The summed E-state index contributed by atoms with van der Waals surface area (Å²) in [5.41, 5.74) is 2.31. The minimum absolute atomic E-state index is 0.0170. The second kappa shape index (κ2) is 12.6. The first-order chi connectivity index (χ1) is 16.4. The van der Waals surface area contributed by atoms with E-state index in [2.05, 4.69) is 28.2 Å². The number of anilines is 2. The fourth-order valence-corrected chi connectivity index (χ4v) is 5.23. The second-order valence-electron chi connectivity index (χ2n) is 9.00. The highest BCUT2D eigenvalue weighted by Gasteiger charge is 2.21. The molecule has 1 aliphatic rings. The maximum Gasteiger partial charge on any atom is 0.275 e. The van der Waals surface area contributed by atoms with Gasteiger partial charge in [0.15, 0.2) is 0 Å². The van der Waals surface area contributed by atoms with Crippen molar-refractivity contribution >= 4 is 40.3 Å². The van der Waals surface area contributed by atoms with Gasteiger partial charge in [0.2, 0.25) is 5.91 Å². The summed E-state index contributed by atoms with van der Waals surface area (Å²) in [7, 11) is 1.77. The zero-order valence-electron chi connectivity index (χ0n) is 20.5. The van der Waals surface area contributed by atoms with Gasteiger partial charge >= 0.3 is 0 Å². The van der Waals surface area contributed by atoms with E-state index < -0.39 is 0 Å². The number of rotatable bonds is 11. The summed E-state index contributed by atoms with van der Waals surface area (Å²) >= 11 is 1.50. The minimum atomic E-state index is -0.196. The van der Waals surface area contributed by atoms with Gasteiger partial charge in [0, 0.05) is 50.8 Å². The maximum absolute atomic E-state index is 13.0. The van der Waals surface area contributed by atoms with Crippen molar-refractivity contribution in [3.8, 4) is 0 Å². The van der Waals surface area contributed by atoms with E-state index in [-0.39, 0.29) is 36.4 Å². The molecule has 184 valence electrons. The standard InChI is InChI=1S/C26H36N4O3S/c1-4-20(14-17-29(3)24(32)13-12-19(2)31)26-28-22(18-34-26)25(33)27-21-10-6-7-11-23(21)30-15-8-5-9-16-30/h6-7,10-11,18,20H,4-5,8-9,12-17H2,1-3H3,(H,27,33). The lowest BCUT2D eigenvalue weighted by atomic mass is 10.0. The van der Waals surface area contributed by atoms with Crippen LogP contribution in [0.25, 0.3) is 0 Å². The molecule has 0 saturated carbocycles. The van der Waals surface area contributed by atoms with Crippen molar-refractivity contribution in [2.24, 2.45) is 0 Å². The largest absolute Gasteiger partial charge is 0.370 e. The lowest BCUT2D eigenvalue weighted by Crippen LogP contribution is -2.30. The number of Topliss-reactive ketones (excluding diaryl/α,β-unsaturated/α-hetero) is 1. The van der Waals surface area contributed by atoms with Gasteiger partial charge in [0.25, 0.3) is 5.91 Å². The molecule has 1 aromatic carbocycles. The van der Waals surface area contributed by atoms with Crippen LogP contribution in [-0.2, 0) is 9.59 Å². The molecule has 1 saturated heterocycles. The van der Waals surface area contributed by atoms with E-state index in [1.54, 1.807) is 11.9 Å². The number of piperidine rings is 1. The molecule has 2 amide bonds. The van der Waals surface area contributed by atoms with Gasteiger partial charge in [0.05, 0.1) is 16.4 Å². The molecule has 1 fully saturated rings. The fraction of sp³-hybridized carbons (Fsp3) is 0.538. The smallest absolute Gasteiger partial charge is 0.275 e. The quantitative estimate of drug-likeness (QED) is 0.480. The number of ketones is 1. The first-order valence-corrected chi connectivity index (χ1v) is 13.1. The van der Waals surface area contributed by atoms with Gasteiger partial charge in [-0.15, -0.1) is 11.3 Å². The van der Waals surface area contributed by atoms with E-state index in [0.717, 1.165) is 42.3 Å². The van der Waals surface area contributed by atoms with Crippen LogP contribution in [0.15, 0.2) is 29.6 Å². The SMILES string of the molecule is CCC(CCN(C)C(=O)CCC(C)=O)c1nc(C(=O)Nc2ccccc2N2CCCCC2)cs1. The summed E-state index contributed by atoms with van der Waals surface area (Å²) in [6.07, 6.45) is 5.79. The minimum Gasteiger partial charge on any atom is -0.370 e. The molecule has 1 unspecified atom stereocenters. The van der Waals surface area contributed by atoms with Crippen LogP contribution in [0.2, 0.25) is 0 Å². The van der Waals surface area contributed by atoms with Gasteiger partial charge in [-0.3, -0.25) is 9.59 Å². The highest BCUT2D eigenvalue weighted by molar-refractivity contribution is 7.10. The molecule has 0 spiro atoms. The van der Waals surface area contributed by atoms with Gasteiger partial charge in [0.1, 0.15) is 11.5 Å². The van der Waals surface area contributed by atoms with Crippen molar-refractivity contribution in [3.05, 3.63) is 40.3 Å². The van der Waals surface area contributed by atoms with Crippen LogP contribution in [0, 0.1) is 0 Å². The fourth-order valence-electron chi connectivity index (χ4n) is 4.21. The summed E-state index contributed by atoms with van der Waals surface area (Å²) in [5.74, 6) is -0.00876. The Bertz CT molecular complexity index is 984. The molecule has 2 heterocycles. The summed E-state index contributed by atoms with van der Waals surface area (Å²) in [6.45, 7) is 6.22. The third kappa shape index (κ3) is 7.13. The second-order valence-corrected chi connectivity index (χ2v) is 9.89. The Morgan fingerprint density at radius 2 is 1.88 bits per heavy atom. The first-order valence-electron chi connectivity index (χ1n) is 12.2. The van der Waals surface area contributed by atoms with Gasteiger partial charge in [-0.05, 0) is 51.2 Å².